The van der Waals surface area contributed by atoms with Crippen molar-refractivity contribution in [3.8, 4) is 0 Å². The molecule has 21 heavy (non-hydrogen) atoms. The van der Waals surface area contributed by atoms with E-state index in [0.29, 0.717) is 6.04 Å². The molecule has 0 spiro atoms. The second-order valence-electron chi connectivity index (χ2n) is 6.07. The Bertz CT molecular complexity index is 365. The minimum Gasteiger partial charge on any atom is -0.329 e. The Morgan fingerprint density at radius 2 is 1.86 bits per heavy atom. The fourth-order valence-corrected chi connectivity index (χ4v) is 3.32. The Kier molecular flexibility index (Phi) is 9.89. The molecule has 0 radical (unpaired) electrons. The lowest BCUT2D eigenvalue weighted by Crippen LogP contribution is -2.37. The van der Waals surface area contributed by atoms with Gasteiger partial charge in [-0.25, -0.2) is 4.98 Å². The van der Waals surface area contributed by atoms with Gasteiger partial charge in [-0.05, 0) is 20.4 Å². The maximum Gasteiger partial charge on any atom is 0.0897 e. The SMILES string of the molecule is CCCCCCCCCC(CN)N(C)Cc1csc(C)n1. The van der Waals surface area contributed by atoms with Gasteiger partial charge >= 0.3 is 0 Å². The van der Waals surface area contributed by atoms with E-state index >= 15 is 0 Å². The quantitative estimate of drug-likeness (QED) is 0.583. The van der Waals surface area contributed by atoms with E-state index in [1.165, 1.54) is 57.1 Å². The fraction of sp³-hybridized carbons (Fsp3) is 0.824. The summed E-state index contributed by atoms with van der Waals surface area (Å²) in [6.45, 7) is 6.00. The maximum atomic E-state index is 5.95. The number of aryl methyl sites for hydroxylation is 1. The molecule has 4 heteroatoms. The largest absolute Gasteiger partial charge is 0.329 e. The smallest absolute Gasteiger partial charge is 0.0897 e. The molecule has 0 aliphatic carbocycles. The third-order valence-corrected chi connectivity index (χ3v) is 4.94. The number of hydrogen-bond donors (Lipinski definition) is 1. The van der Waals surface area contributed by atoms with Crippen LogP contribution in [0.25, 0.3) is 0 Å². The van der Waals surface area contributed by atoms with Crippen molar-refractivity contribution in [2.75, 3.05) is 13.6 Å². The number of hydrogen-bond acceptors (Lipinski definition) is 4. The third-order valence-electron chi connectivity index (χ3n) is 4.11. The van der Waals surface area contributed by atoms with E-state index < -0.39 is 0 Å². The van der Waals surface area contributed by atoms with E-state index in [2.05, 4.69) is 36.2 Å². The van der Waals surface area contributed by atoms with Gasteiger partial charge in [-0.15, -0.1) is 11.3 Å². The average molecular weight is 312 g/mol. The topological polar surface area (TPSA) is 42.1 Å². The predicted molar refractivity (Wildman–Crippen MR) is 93.8 cm³/mol. The second kappa shape index (κ2) is 11.2. The lowest BCUT2D eigenvalue weighted by molar-refractivity contribution is 0.220. The maximum absolute atomic E-state index is 5.95. The van der Waals surface area contributed by atoms with Gasteiger partial charge in [0.15, 0.2) is 0 Å². The van der Waals surface area contributed by atoms with Crippen LogP contribution in [0.4, 0.5) is 0 Å². The van der Waals surface area contributed by atoms with Gasteiger partial charge in [0.05, 0.1) is 10.7 Å². The molecule has 0 saturated carbocycles. The summed E-state index contributed by atoms with van der Waals surface area (Å²) >= 11 is 1.73. The average Bonchev–Trinajstić information content (AvgIpc) is 2.87. The van der Waals surface area contributed by atoms with Crippen molar-refractivity contribution in [3.05, 3.63) is 16.1 Å². The van der Waals surface area contributed by atoms with Crippen LogP contribution in [0.15, 0.2) is 5.38 Å². The molecular formula is C17H33N3S. The molecular weight excluding hydrogens is 278 g/mol. The lowest BCUT2D eigenvalue weighted by atomic mass is 10.0. The molecule has 1 aromatic rings. The molecule has 1 heterocycles. The highest BCUT2D eigenvalue weighted by Crippen LogP contribution is 2.15. The summed E-state index contributed by atoms with van der Waals surface area (Å²) in [5, 5.41) is 3.31. The highest BCUT2D eigenvalue weighted by molar-refractivity contribution is 7.09. The molecule has 0 saturated heterocycles. The molecule has 2 N–H and O–H groups in total. The van der Waals surface area contributed by atoms with E-state index in [9.17, 15) is 0 Å². The monoisotopic (exact) mass is 311 g/mol. The number of nitrogens with zero attached hydrogens (tertiary/aromatic N) is 2. The highest BCUT2D eigenvalue weighted by Gasteiger charge is 2.14. The van der Waals surface area contributed by atoms with Gasteiger partial charge in [0.2, 0.25) is 0 Å². The summed E-state index contributed by atoms with van der Waals surface area (Å²) in [6, 6.07) is 0.489. The summed E-state index contributed by atoms with van der Waals surface area (Å²) in [6.07, 6.45) is 10.8. The van der Waals surface area contributed by atoms with Crippen LogP contribution in [-0.2, 0) is 6.54 Å². The van der Waals surface area contributed by atoms with Crippen molar-refractivity contribution in [2.24, 2.45) is 5.73 Å². The number of aromatic nitrogens is 1. The predicted octanol–water partition coefficient (Wildman–Crippen LogP) is 4.35. The van der Waals surface area contributed by atoms with Crippen LogP contribution < -0.4 is 5.73 Å². The molecule has 0 amide bonds. The van der Waals surface area contributed by atoms with E-state index in [1.807, 2.05) is 0 Å². The molecule has 122 valence electrons. The molecule has 1 aromatic heterocycles. The van der Waals surface area contributed by atoms with Crippen LogP contribution in [0, 0.1) is 6.92 Å². The Balaban J connectivity index is 2.18. The first-order chi connectivity index (χ1) is 10.2. The minimum atomic E-state index is 0.489. The Hall–Kier alpha value is -0.450. The lowest BCUT2D eigenvalue weighted by Gasteiger charge is -2.26. The summed E-state index contributed by atoms with van der Waals surface area (Å²) in [5.41, 5.74) is 7.13. The zero-order valence-corrected chi connectivity index (χ0v) is 14.9. The molecule has 0 fully saturated rings. The zero-order valence-electron chi connectivity index (χ0n) is 14.1. The Morgan fingerprint density at radius 3 is 2.43 bits per heavy atom. The van der Waals surface area contributed by atoms with E-state index in [0.717, 1.165) is 18.1 Å². The number of nitrogens with two attached hydrogens (primary N) is 1. The first-order valence-corrected chi connectivity index (χ1v) is 9.36. The van der Waals surface area contributed by atoms with Crippen LogP contribution in [0.1, 0.15) is 69.0 Å². The fourth-order valence-electron chi connectivity index (χ4n) is 2.72. The van der Waals surface area contributed by atoms with Crippen molar-refractivity contribution < 1.29 is 0 Å². The summed E-state index contributed by atoms with van der Waals surface area (Å²) in [5.74, 6) is 0. The molecule has 0 aliphatic rings. The standard InChI is InChI=1S/C17H33N3S/c1-4-5-6-7-8-9-10-11-17(12-18)20(3)13-16-14-21-15(2)19-16/h14,17H,4-13,18H2,1-3H3. The first-order valence-electron chi connectivity index (χ1n) is 8.48. The Labute approximate surface area is 135 Å². The highest BCUT2D eigenvalue weighted by atomic mass is 32.1. The molecule has 1 atom stereocenters. The van der Waals surface area contributed by atoms with Gasteiger partial charge in [0, 0.05) is 24.5 Å². The molecule has 0 aromatic carbocycles. The number of thiazole rings is 1. The van der Waals surface area contributed by atoms with Crippen LogP contribution in [0.5, 0.6) is 0 Å². The minimum absolute atomic E-state index is 0.489. The van der Waals surface area contributed by atoms with Crippen LogP contribution in [0.3, 0.4) is 0 Å². The molecule has 0 bridgehead atoms. The third kappa shape index (κ3) is 7.93. The van der Waals surface area contributed by atoms with Crippen LogP contribution >= 0.6 is 11.3 Å². The first kappa shape index (κ1) is 18.6. The van der Waals surface area contributed by atoms with Gasteiger partial charge in [-0.3, -0.25) is 4.90 Å². The molecule has 1 unspecified atom stereocenters. The van der Waals surface area contributed by atoms with Crippen LogP contribution in [0.2, 0.25) is 0 Å². The summed E-state index contributed by atoms with van der Waals surface area (Å²) in [7, 11) is 2.17. The van der Waals surface area contributed by atoms with Crippen molar-refractivity contribution >= 4 is 11.3 Å². The van der Waals surface area contributed by atoms with Gasteiger partial charge < -0.3 is 5.73 Å². The van der Waals surface area contributed by atoms with Crippen molar-refractivity contribution in [1.29, 1.82) is 0 Å². The Morgan fingerprint density at radius 1 is 1.19 bits per heavy atom. The molecule has 1 rings (SSSR count). The molecule has 0 aliphatic heterocycles. The van der Waals surface area contributed by atoms with Gasteiger partial charge in [0.1, 0.15) is 0 Å². The van der Waals surface area contributed by atoms with Crippen molar-refractivity contribution in [2.45, 2.75) is 77.8 Å². The van der Waals surface area contributed by atoms with Crippen molar-refractivity contribution in [3.63, 3.8) is 0 Å². The zero-order chi connectivity index (χ0) is 15.5. The summed E-state index contributed by atoms with van der Waals surface area (Å²) < 4.78 is 0. The van der Waals surface area contributed by atoms with Gasteiger partial charge in [-0.1, -0.05) is 51.9 Å². The van der Waals surface area contributed by atoms with E-state index in [4.69, 9.17) is 5.73 Å². The van der Waals surface area contributed by atoms with Gasteiger partial charge in [-0.2, -0.15) is 0 Å². The van der Waals surface area contributed by atoms with Crippen molar-refractivity contribution in [1.82, 2.24) is 9.88 Å². The number of likely N-dealkylation sites (N-methyl/N-ethyl adjacent to an activating group) is 1. The molecule has 3 nitrogen and oxygen atoms in total. The van der Waals surface area contributed by atoms with Gasteiger partial charge in [0.25, 0.3) is 0 Å². The summed E-state index contributed by atoms with van der Waals surface area (Å²) in [4.78, 5) is 6.91. The van der Waals surface area contributed by atoms with E-state index in [-0.39, 0.29) is 0 Å². The normalized spacial score (nSPS) is 13.0. The number of unbranched alkanes of at least 4 members (excludes halogenated alkanes) is 6. The number of rotatable bonds is 12. The van der Waals surface area contributed by atoms with E-state index in [1.54, 1.807) is 11.3 Å². The van der Waals surface area contributed by atoms with Crippen LogP contribution in [-0.4, -0.2) is 29.5 Å². The second-order valence-corrected chi connectivity index (χ2v) is 7.13.